The van der Waals surface area contributed by atoms with Crippen molar-refractivity contribution in [2.24, 2.45) is 0 Å². The van der Waals surface area contributed by atoms with Gasteiger partial charge in [-0.25, -0.2) is 0 Å². The summed E-state index contributed by atoms with van der Waals surface area (Å²) in [7, 11) is 0. The van der Waals surface area contributed by atoms with E-state index in [-0.39, 0.29) is 18.4 Å². The van der Waals surface area contributed by atoms with Crippen molar-refractivity contribution < 1.29 is 14.7 Å². The molecule has 1 atom stereocenters. The highest BCUT2D eigenvalue weighted by Crippen LogP contribution is 2.25. The van der Waals surface area contributed by atoms with Gasteiger partial charge in [0.05, 0.1) is 17.5 Å². The minimum Gasteiger partial charge on any atom is -0.481 e. The molecule has 22 heavy (non-hydrogen) atoms. The molecule has 1 aliphatic rings. The highest BCUT2D eigenvalue weighted by Gasteiger charge is 2.31. The molecule has 0 spiro atoms. The predicted molar refractivity (Wildman–Crippen MR) is 82.8 cm³/mol. The summed E-state index contributed by atoms with van der Waals surface area (Å²) >= 11 is 0. The van der Waals surface area contributed by atoms with Gasteiger partial charge in [-0.1, -0.05) is 18.2 Å². The van der Waals surface area contributed by atoms with Gasteiger partial charge in [-0.05, 0) is 31.9 Å². The quantitative estimate of drug-likeness (QED) is 0.945. The lowest BCUT2D eigenvalue weighted by Gasteiger charge is -2.24. The van der Waals surface area contributed by atoms with Crippen molar-refractivity contribution in [3.63, 3.8) is 0 Å². The molecule has 0 radical (unpaired) electrons. The zero-order valence-corrected chi connectivity index (χ0v) is 12.5. The van der Waals surface area contributed by atoms with Gasteiger partial charge in [0.15, 0.2) is 0 Å². The number of aromatic nitrogens is 1. The maximum Gasteiger partial charge on any atom is 0.305 e. The Morgan fingerprint density at radius 1 is 1.32 bits per heavy atom. The second kappa shape index (κ2) is 5.75. The fourth-order valence-corrected chi connectivity index (χ4v) is 3.09. The van der Waals surface area contributed by atoms with Gasteiger partial charge in [0.25, 0.3) is 5.91 Å². The minimum absolute atomic E-state index is 0.00294. The van der Waals surface area contributed by atoms with Crippen LogP contribution in [0.15, 0.2) is 30.3 Å². The number of carboxylic acids is 1. The predicted octanol–water partition coefficient (Wildman–Crippen LogP) is 2.62. The van der Waals surface area contributed by atoms with Crippen LogP contribution in [-0.2, 0) is 4.79 Å². The second-order valence-corrected chi connectivity index (χ2v) is 5.72. The molecule has 5 heteroatoms. The number of fused-ring (bicyclic) bond motifs is 1. The Kier molecular flexibility index (Phi) is 3.79. The molecule has 1 aromatic heterocycles. The van der Waals surface area contributed by atoms with Crippen LogP contribution in [0.1, 0.15) is 35.3 Å². The van der Waals surface area contributed by atoms with Crippen LogP contribution in [0.4, 0.5) is 0 Å². The number of hydrogen-bond donors (Lipinski definition) is 1. The summed E-state index contributed by atoms with van der Waals surface area (Å²) < 4.78 is 0. The van der Waals surface area contributed by atoms with Gasteiger partial charge < -0.3 is 10.0 Å². The first kappa shape index (κ1) is 14.5. The lowest BCUT2D eigenvalue weighted by atomic mass is 10.1. The van der Waals surface area contributed by atoms with E-state index in [0.29, 0.717) is 17.6 Å². The molecule has 1 saturated heterocycles. The number of rotatable bonds is 3. The van der Waals surface area contributed by atoms with Crippen molar-refractivity contribution in [2.75, 3.05) is 6.54 Å². The monoisotopic (exact) mass is 298 g/mol. The molecule has 1 N–H and O–H groups in total. The molecular formula is C17H18N2O3. The van der Waals surface area contributed by atoms with Crippen molar-refractivity contribution in [1.29, 1.82) is 0 Å². The van der Waals surface area contributed by atoms with E-state index in [9.17, 15) is 9.59 Å². The van der Waals surface area contributed by atoms with Crippen LogP contribution in [0.5, 0.6) is 0 Å². The second-order valence-electron chi connectivity index (χ2n) is 5.72. The number of nitrogens with zero attached hydrogens (tertiary/aromatic N) is 2. The molecule has 1 fully saturated rings. The Balaban J connectivity index is 1.98. The fraction of sp³-hybridized carbons (Fsp3) is 0.353. The number of amides is 1. The van der Waals surface area contributed by atoms with Gasteiger partial charge in [-0.2, -0.15) is 0 Å². The van der Waals surface area contributed by atoms with Crippen LogP contribution in [0.3, 0.4) is 0 Å². The topological polar surface area (TPSA) is 70.5 Å². The fourth-order valence-electron chi connectivity index (χ4n) is 3.09. The number of hydrogen-bond acceptors (Lipinski definition) is 3. The lowest BCUT2D eigenvalue weighted by Crippen LogP contribution is -2.37. The number of aliphatic carboxylic acids is 1. The minimum atomic E-state index is -0.864. The van der Waals surface area contributed by atoms with Gasteiger partial charge in [-0.3, -0.25) is 14.6 Å². The first-order chi connectivity index (χ1) is 10.6. The Morgan fingerprint density at radius 2 is 2.14 bits per heavy atom. The van der Waals surface area contributed by atoms with E-state index in [1.54, 1.807) is 11.0 Å². The van der Waals surface area contributed by atoms with Crippen LogP contribution in [0.25, 0.3) is 10.9 Å². The van der Waals surface area contributed by atoms with Gasteiger partial charge in [0.2, 0.25) is 0 Å². The van der Waals surface area contributed by atoms with Crippen molar-refractivity contribution in [2.45, 2.75) is 32.2 Å². The third-order valence-electron chi connectivity index (χ3n) is 4.14. The van der Waals surface area contributed by atoms with Crippen LogP contribution >= 0.6 is 0 Å². The Bertz CT molecular complexity index is 742. The zero-order valence-electron chi connectivity index (χ0n) is 12.5. The number of pyridine rings is 1. The summed E-state index contributed by atoms with van der Waals surface area (Å²) in [5.74, 6) is -0.982. The summed E-state index contributed by atoms with van der Waals surface area (Å²) in [6.45, 7) is 2.50. The number of carbonyl (C=O) groups excluding carboxylic acids is 1. The molecule has 1 aromatic carbocycles. The van der Waals surface area contributed by atoms with Crippen molar-refractivity contribution >= 4 is 22.8 Å². The van der Waals surface area contributed by atoms with E-state index < -0.39 is 5.97 Å². The SMILES string of the molecule is Cc1ccc2cccc(C(=O)N3CCCC3CC(=O)O)c2n1. The average molecular weight is 298 g/mol. The molecule has 0 saturated carbocycles. The summed E-state index contributed by atoms with van der Waals surface area (Å²) in [5.41, 5.74) is 2.10. The number of carbonyl (C=O) groups is 2. The van der Waals surface area contributed by atoms with Crippen molar-refractivity contribution in [1.82, 2.24) is 9.88 Å². The standard InChI is InChI=1S/C17H18N2O3/c1-11-7-8-12-4-2-6-14(16(12)18-11)17(22)19-9-3-5-13(19)10-15(20)21/h2,4,6-8,13H,3,5,9-10H2,1H3,(H,20,21). The molecule has 5 nitrogen and oxygen atoms in total. The van der Waals surface area contributed by atoms with Gasteiger partial charge >= 0.3 is 5.97 Å². The Morgan fingerprint density at radius 3 is 2.91 bits per heavy atom. The highest BCUT2D eigenvalue weighted by atomic mass is 16.4. The molecule has 1 unspecified atom stereocenters. The average Bonchev–Trinajstić information content (AvgIpc) is 2.93. The summed E-state index contributed by atoms with van der Waals surface area (Å²) in [5, 5.41) is 9.92. The molecule has 114 valence electrons. The number of benzene rings is 1. The first-order valence-electron chi connectivity index (χ1n) is 7.45. The van der Waals surface area contributed by atoms with Crippen LogP contribution in [0, 0.1) is 6.92 Å². The molecule has 1 amide bonds. The van der Waals surface area contributed by atoms with Gasteiger partial charge in [0.1, 0.15) is 0 Å². The van der Waals surface area contributed by atoms with E-state index in [1.165, 1.54) is 0 Å². The van der Waals surface area contributed by atoms with Crippen molar-refractivity contribution in [3.8, 4) is 0 Å². The number of para-hydroxylation sites is 1. The molecule has 2 aromatic rings. The molecule has 0 aliphatic carbocycles. The van der Waals surface area contributed by atoms with Crippen molar-refractivity contribution in [3.05, 3.63) is 41.6 Å². The van der Waals surface area contributed by atoms with Gasteiger partial charge in [0, 0.05) is 23.7 Å². The maximum absolute atomic E-state index is 12.9. The third kappa shape index (κ3) is 2.66. The van der Waals surface area contributed by atoms with E-state index in [2.05, 4.69) is 4.98 Å². The van der Waals surface area contributed by atoms with Gasteiger partial charge in [-0.15, -0.1) is 0 Å². The highest BCUT2D eigenvalue weighted by molar-refractivity contribution is 6.05. The van der Waals surface area contributed by atoms with E-state index in [1.807, 2.05) is 31.2 Å². The molecular weight excluding hydrogens is 280 g/mol. The number of likely N-dealkylation sites (tertiary alicyclic amines) is 1. The Hall–Kier alpha value is -2.43. The summed E-state index contributed by atoms with van der Waals surface area (Å²) in [4.78, 5) is 30.0. The van der Waals surface area contributed by atoms with E-state index in [0.717, 1.165) is 23.9 Å². The molecule has 3 rings (SSSR count). The largest absolute Gasteiger partial charge is 0.481 e. The smallest absolute Gasteiger partial charge is 0.305 e. The Labute approximate surface area is 128 Å². The molecule has 0 bridgehead atoms. The summed E-state index contributed by atoms with van der Waals surface area (Å²) in [6, 6.07) is 9.19. The molecule has 2 heterocycles. The van der Waals surface area contributed by atoms with E-state index >= 15 is 0 Å². The number of aryl methyl sites for hydroxylation is 1. The zero-order chi connectivity index (χ0) is 15.7. The summed E-state index contributed by atoms with van der Waals surface area (Å²) in [6.07, 6.45) is 1.60. The first-order valence-corrected chi connectivity index (χ1v) is 7.45. The third-order valence-corrected chi connectivity index (χ3v) is 4.14. The normalized spacial score (nSPS) is 17.9. The van der Waals surface area contributed by atoms with Crippen LogP contribution < -0.4 is 0 Å². The van der Waals surface area contributed by atoms with E-state index in [4.69, 9.17) is 5.11 Å². The van der Waals surface area contributed by atoms with Crippen LogP contribution in [-0.4, -0.2) is 39.5 Å². The maximum atomic E-state index is 12.9. The molecule has 1 aliphatic heterocycles. The lowest BCUT2D eigenvalue weighted by molar-refractivity contribution is -0.137. The number of carboxylic acid groups (broad SMARTS) is 1. The van der Waals surface area contributed by atoms with Crippen LogP contribution in [0.2, 0.25) is 0 Å².